The molecule has 0 aromatic carbocycles. The maximum Gasteiger partial charge on any atom is 0.228 e. The molecule has 6 heteroatoms. The third kappa shape index (κ3) is 3.02. The smallest absolute Gasteiger partial charge is 0.228 e. The quantitative estimate of drug-likeness (QED) is 0.848. The normalized spacial score (nSPS) is 29.0. The molecule has 1 aromatic heterocycles. The molecule has 1 aromatic rings. The molecule has 2 unspecified atom stereocenters. The van der Waals surface area contributed by atoms with Gasteiger partial charge in [-0.2, -0.15) is 4.98 Å². The van der Waals surface area contributed by atoms with Crippen LogP contribution < -0.4 is 0 Å². The summed E-state index contributed by atoms with van der Waals surface area (Å²) in [7, 11) is 0. The van der Waals surface area contributed by atoms with Crippen LogP contribution in [0.3, 0.4) is 0 Å². The van der Waals surface area contributed by atoms with Crippen LogP contribution >= 0.6 is 0 Å². The molecular weight excluding hydrogens is 282 g/mol. The molecule has 3 fully saturated rings. The van der Waals surface area contributed by atoms with Crippen LogP contribution in [0.2, 0.25) is 0 Å². The highest BCUT2D eigenvalue weighted by atomic mass is 16.5. The second-order valence-electron chi connectivity index (χ2n) is 6.88. The van der Waals surface area contributed by atoms with Crippen molar-refractivity contribution in [2.24, 2.45) is 11.8 Å². The molecule has 3 aliphatic rings. The van der Waals surface area contributed by atoms with Crippen molar-refractivity contribution in [1.82, 2.24) is 15.0 Å². The summed E-state index contributed by atoms with van der Waals surface area (Å²) in [6.07, 6.45) is 6.24. The lowest BCUT2D eigenvalue weighted by Gasteiger charge is -2.33. The topological polar surface area (TPSA) is 68.5 Å². The molecule has 2 atom stereocenters. The first-order chi connectivity index (χ1) is 10.8. The number of likely N-dealkylation sites (tertiary alicyclic amines) is 1. The summed E-state index contributed by atoms with van der Waals surface area (Å²) in [5.41, 5.74) is 0. The third-order valence-corrected chi connectivity index (χ3v) is 5.00. The van der Waals surface area contributed by atoms with Crippen LogP contribution in [-0.2, 0) is 16.0 Å². The van der Waals surface area contributed by atoms with E-state index in [-0.39, 0.29) is 11.8 Å². The number of piperidine rings is 1. The largest absolute Gasteiger partial charge is 0.381 e. The Bertz CT molecular complexity index is 534. The van der Waals surface area contributed by atoms with Gasteiger partial charge in [-0.1, -0.05) is 5.16 Å². The summed E-state index contributed by atoms with van der Waals surface area (Å²) in [5, 5.41) is 4.08. The number of hydrogen-bond donors (Lipinski definition) is 0. The molecule has 0 N–H and O–H groups in total. The van der Waals surface area contributed by atoms with E-state index in [2.05, 4.69) is 10.1 Å². The summed E-state index contributed by atoms with van der Waals surface area (Å²) >= 11 is 0. The number of carbonyl (C=O) groups excluding carboxylic acids is 1. The molecular formula is C16H23N3O3. The molecule has 1 saturated carbocycles. The lowest BCUT2D eigenvalue weighted by molar-refractivity contribution is -0.137. The molecule has 0 spiro atoms. The Labute approximate surface area is 130 Å². The van der Waals surface area contributed by atoms with Crippen molar-refractivity contribution in [1.29, 1.82) is 0 Å². The van der Waals surface area contributed by atoms with E-state index < -0.39 is 0 Å². The van der Waals surface area contributed by atoms with Gasteiger partial charge < -0.3 is 14.2 Å². The highest BCUT2D eigenvalue weighted by Gasteiger charge is 2.32. The van der Waals surface area contributed by atoms with E-state index >= 15 is 0 Å². The van der Waals surface area contributed by atoms with Gasteiger partial charge in [0.15, 0.2) is 5.82 Å². The van der Waals surface area contributed by atoms with Crippen LogP contribution in [0.25, 0.3) is 0 Å². The number of amides is 1. The number of ether oxygens (including phenoxy) is 1. The van der Waals surface area contributed by atoms with Crippen molar-refractivity contribution in [3.8, 4) is 0 Å². The van der Waals surface area contributed by atoms with E-state index in [0.717, 1.165) is 57.1 Å². The average Bonchev–Trinajstić information content (AvgIpc) is 3.05. The Hall–Kier alpha value is -1.43. The predicted octanol–water partition coefficient (Wildman–Crippen LogP) is 1.76. The van der Waals surface area contributed by atoms with E-state index in [4.69, 9.17) is 9.26 Å². The predicted molar refractivity (Wildman–Crippen MR) is 78.2 cm³/mol. The van der Waals surface area contributed by atoms with Gasteiger partial charge in [-0.15, -0.1) is 0 Å². The van der Waals surface area contributed by atoms with E-state index in [1.54, 1.807) is 0 Å². The van der Waals surface area contributed by atoms with Crippen LogP contribution in [0.4, 0.5) is 0 Å². The maximum absolute atomic E-state index is 12.5. The monoisotopic (exact) mass is 305 g/mol. The summed E-state index contributed by atoms with van der Waals surface area (Å²) in [6.45, 7) is 3.01. The summed E-state index contributed by atoms with van der Waals surface area (Å²) in [4.78, 5) is 19.0. The molecule has 4 rings (SSSR count). The minimum atomic E-state index is 0.0728. The van der Waals surface area contributed by atoms with Crippen LogP contribution in [0.15, 0.2) is 4.52 Å². The highest BCUT2D eigenvalue weighted by molar-refractivity contribution is 5.79. The Morgan fingerprint density at radius 2 is 2.18 bits per heavy atom. The van der Waals surface area contributed by atoms with Crippen molar-refractivity contribution in [3.63, 3.8) is 0 Å². The average molecular weight is 305 g/mol. The van der Waals surface area contributed by atoms with Crippen molar-refractivity contribution in [2.75, 3.05) is 26.3 Å². The number of aromatic nitrogens is 2. The first kappa shape index (κ1) is 14.2. The second-order valence-corrected chi connectivity index (χ2v) is 6.88. The SMILES string of the molecule is O=C(C1CCOC1)N1CCCC(Cc2nc(C3CC3)no2)C1. The van der Waals surface area contributed by atoms with E-state index in [0.29, 0.717) is 18.4 Å². The highest BCUT2D eigenvalue weighted by Crippen LogP contribution is 2.38. The fraction of sp³-hybridized carbons (Fsp3) is 0.812. The van der Waals surface area contributed by atoms with Gasteiger partial charge in [0.05, 0.1) is 12.5 Å². The number of hydrogen-bond acceptors (Lipinski definition) is 5. The van der Waals surface area contributed by atoms with Crippen LogP contribution in [0.5, 0.6) is 0 Å². The minimum absolute atomic E-state index is 0.0728. The number of carbonyl (C=O) groups is 1. The van der Waals surface area contributed by atoms with Gasteiger partial charge in [0, 0.05) is 32.0 Å². The molecule has 6 nitrogen and oxygen atoms in total. The van der Waals surface area contributed by atoms with Gasteiger partial charge in [-0.05, 0) is 38.0 Å². The summed E-state index contributed by atoms with van der Waals surface area (Å²) < 4.78 is 10.7. The first-order valence-corrected chi connectivity index (χ1v) is 8.48. The molecule has 0 radical (unpaired) electrons. The minimum Gasteiger partial charge on any atom is -0.381 e. The van der Waals surface area contributed by atoms with Gasteiger partial charge in [-0.25, -0.2) is 0 Å². The summed E-state index contributed by atoms with van der Waals surface area (Å²) in [6, 6.07) is 0. The summed E-state index contributed by atoms with van der Waals surface area (Å²) in [5.74, 6) is 2.93. The zero-order valence-corrected chi connectivity index (χ0v) is 12.9. The fourth-order valence-corrected chi connectivity index (χ4v) is 3.52. The van der Waals surface area contributed by atoms with Gasteiger partial charge in [0.2, 0.25) is 11.8 Å². The molecule has 120 valence electrons. The van der Waals surface area contributed by atoms with Crippen molar-refractivity contribution in [2.45, 2.75) is 44.4 Å². The van der Waals surface area contributed by atoms with E-state index in [1.165, 1.54) is 12.8 Å². The zero-order valence-electron chi connectivity index (χ0n) is 12.9. The molecule has 2 saturated heterocycles. The Morgan fingerprint density at radius 3 is 2.95 bits per heavy atom. The van der Waals surface area contributed by atoms with Gasteiger partial charge in [0.1, 0.15) is 0 Å². The third-order valence-electron chi connectivity index (χ3n) is 5.00. The first-order valence-electron chi connectivity index (χ1n) is 8.48. The molecule has 1 amide bonds. The molecule has 2 aliphatic heterocycles. The van der Waals surface area contributed by atoms with Crippen LogP contribution in [0, 0.1) is 11.8 Å². The van der Waals surface area contributed by atoms with Gasteiger partial charge in [0.25, 0.3) is 0 Å². The van der Waals surface area contributed by atoms with E-state index in [1.807, 2.05) is 4.90 Å². The second kappa shape index (κ2) is 5.99. The van der Waals surface area contributed by atoms with E-state index in [9.17, 15) is 4.79 Å². The lowest BCUT2D eigenvalue weighted by atomic mass is 9.93. The van der Waals surface area contributed by atoms with Gasteiger partial charge in [-0.3, -0.25) is 4.79 Å². The molecule has 22 heavy (non-hydrogen) atoms. The Kier molecular flexibility index (Phi) is 3.86. The molecule has 1 aliphatic carbocycles. The maximum atomic E-state index is 12.5. The van der Waals surface area contributed by atoms with Crippen LogP contribution in [-0.4, -0.2) is 47.3 Å². The standard InChI is InChI=1S/C16H23N3O3/c20-16(13-5-7-21-10-13)19-6-1-2-11(9-19)8-14-17-15(18-22-14)12-3-4-12/h11-13H,1-10H2. The number of nitrogens with zero attached hydrogens (tertiary/aromatic N) is 3. The fourth-order valence-electron chi connectivity index (χ4n) is 3.52. The molecule has 0 bridgehead atoms. The zero-order chi connectivity index (χ0) is 14.9. The van der Waals surface area contributed by atoms with Crippen LogP contribution in [0.1, 0.15) is 49.7 Å². The van der Waals surface area contributed by atoms with Crippen molar-refractivity contribution < 1.29 is 14.1 Å². The van der Waals surface area contributed by atoms with Crippen molar-refractivity contribution >= 4 is 5.91 Å². The Morgan fingerprint density at radius 1 is 1.27 bits per heavy atom. The van der Waals surface area contributed by atoms with Gasteiger partial charge >= 0.3 is 0 Å². The number of rotatable bonds is 4. The molecule has 3 heterocycles. The lowest BCUT2D eigenvalue weighted by Crippen LogP contribution is -2.43. The van der Waals surface area contributed by atoms with Crippen molar-refractivity contribution in [3.05, 3.63) is 11.7 Å². The Balaban J connectivity index is 1.34.